The number of esters is 2. The maximum atomic E-state index is 14.1. The first-order chi connectivity index (χ1) is 24.7. The number of rotatable bonds is 13. The highest BCUT2D eigenvalue weighted by molar-refractivity contribution is 5.89. The molecule has 52 heavy (non-hydrogen) atoms. The number of carbonyl (C=O) groups excluding carboxylic acids is 2. The number of fused-ring (bicyclic) bond motifs is 2. The molecule has 7 bridgehead atoms. The highest BCUT2D eigenvalue weighted by atomic mass is 16.6. The van der Waals surface area contributed by atoms with Crippen molar-refractivity contribution in [3.8, 4) is 0 Å². The van der Waals surface area contributed by atoms with Gasteiger partial charge in [-0.2, -0.15) is 0 Å². The van der Waals surface area contributed by atoms with E-state index in [2.05, 4.69) is 0 Å². The Bertz CT molecular complexity index is 1560. The number of carbonyl (C=O) groups is 3. The third-order valence-corrected chi connectivity index (χ3v) is 13.9. The minimum atomic E-state index is -2.19. The Morgan fingerprint density at radius 1 is 0.923 bits per heavy atom. The summed E-state index contributed by atoms with van der Waals surface area (Å²) in [5.41, 5.74) is -8.63. The summed E-state index contributed by atoms with van der Waals surface area (Å²) in [6.07, 6.45) is -7.97. The number of carboxylic acid groups (broad SMARTS) is 1. The topological polar surface area (TPSA) is 211 Å². The van der Waals surface area contributed by atoms with Gasteiger partial charge in [-0.15, -0.1) is 0 Å². The van der Waals surface area contributed by atoms with Crippen molar-refractivity contribution in [3.63, 3.8) is 0 Å². The molecule has 1 saturated heterocycles. The standard InChI is InChI=1S/C37H51NO14/c1-38-17-33(18-47-2)20(39)15-21(48-3)36-26(33)25(49-4)24(28(36)38)37(52-23(42)14-10-9-13-22(40)41)27-30(51-32(44)19-11-7-6-8-12-19)34(45,16-35(27,36)46)31(50-5)29(37)43/h6-8,11-12,20-21,24-31,39,43,45-46H,9-10,13-18H2,1-5H3,(H,40,41)/t20-,21+,24+,25+,26-,27+,28?,29+,30-,31+,33+,34-,35+,36-,37+/m1/s1. The quantitative estimate of drug-likeness (QED) is 0.133. The van der Waals surface area contributed by atoms with Crippen molar-refractivity contribution < 1.29 is 68.3 Å². The van der Waals surface area contributed by atoms with Gasteiger partial charge in [-0.05, 0) is 32.0 Å². The molecule has 5 aliphatic carbocycles. The van der Waals surface area contributed by atoms with Crippen molar-refractivity contribution in [2.45, 2.75) is 98.0 Å². The summed E-state index contributed by atoms with van der Waals surface area (Å²) in [7, 11) is 7.64. The molecule has 1 aromatic carbocycles. The van der Waals surface area contributed by atoms with Gasteiger partial charge in [-0.3, -0.25) is 9.59 Å². The SMILES string of the molecule is COC[C@]12CN(C)C3[C@@H]4[C@H](OC)[C@H]1[C@@]3([C@@H](OC)C[C@H]2O)[C@]1(O)C[C@@]2(O)[C@H](OC(=O)c3ccccc3)[C@@H]1[C@]4(OC(=O)CCCCC(=O)O)[C@@H](O)[C@@H]2OC. The zero-order valence-electron chi connectivity index (χ0n) is 30.2. The number of carboxylic acids is 1. The smallest absolute Gasteiger partial charge is 0.338 e. The van der Waals surface area contributed by atoms with Crippen LogP contribution in [0.5, 0.6) is 0 Å². The zero-order valence-corrected chi connectivity index (χ0v) is 30.2. The van der Waals surface area contributed by atoms with Crippen molar-refractivity contribution in [1.29, 1.82) is 0 Å². The number of likely N-dealkylation sites (tertiary alicyclic amines) is 1. The molecule has 15 atom stereocenters. The molecule has 0 amide bonds. The lowest BCUT2D eigenvalue weighted by Gasteiger charge is -2.72. The van der Waals surface area contributed by atoms with E-state index in [1.807, 2.05) is 11.9 Å². The summed E-state index contributed by atoms with van der Waals surface area (Å²) in [4.78, 5) is 41.2. The molecule has 7 rings (SSSR count). The minimum Gasteiger partial charge on any atom is -0.481 e. The van der Waals surface area contributed by atoms with Crippen molar-refractivity contribution in [3.05, 3.63) is 35.9 Å². The monoisotopic (exact) mass is 733 g/mol. The molecule has 0 aromatic heterocycles. The normalized spacial score (nSPS) is 46.9. The van der Waals surface area contributed by atoms with Crippen LogP contribution < -0.4 is 0 Å². The number of aliphatic hydroxyl groups excluding tert-OH is 2. The van der Waals surface area contributed by atoms with E-state index in [0.29, 0.717) is 6.54 Å². The van der Waals surface area contributed by atoms with Crippen LogP contribution in [0.25, 0.3) is 0 Å². The lowest BCUT2D eigenvalue weighted by molar-refractivity contribution is -0.353. The maximum Gasteiger partial charge on any atom is 0.338 e. The Morgan fingerprint density at radius 2 is 1.62 bits per heavy atom. The fourth-order valence-corrected chi connectivity index (χ4v) is 12.8. The number of hydrogen-bond acceptors (Lipinski definition) is 14. The largest absolute Gasteiger partial charge is 0.481 e. The Hall–Kier alpha value is -2.73. The number of piperidine rings is 1. The van der Waals surface area contributed by atoms with Gasteiger partial charge in [0.15, 0.2) is 5.60 Å². The summed E-state index contributed by atoms with van der Waals surface area (Å²) >= 11 is 0. The van der Waals surface area contributed by atoms with Gasteiger partial charge in [-0.25, -0.2) is 4.79 Å². The van der Waals surface area contributed by atoms with E-state index in [0.717, 1.165) is 0 Å². The second kappa shape index (κ2) is 12.9. The van der Waals surface area contributed by atoms with E-state index in [9.17, 15) is 39.9 Å². The summed E-state index contributed by atoms with van der Waals surface area (Å²) in [5, 5.41) is 60.7. The molecular weight excluding hydrogens is 682 g/mol. The van der Waals surface area contributed by atoms with E-state index in [-0.39, 0.29) is 44.3 Å². The zero-order chi connectivity index (χ0) is 37.6. The van der Waals surface area contributed by atoms with Crippen LogP contribution in [0, 0.1) is 28.6 Å². The summed E-state index contributed by atoms with van der Waals surface area (Å²) < 4.78 is 37.2. The van der Waals surface area contributed by atoms with Crippen LogP contribution in [0.2, 0.25) is 0 Å². The third kappa shape index (κ3) is 4.54. The van der Waals surface area contributed by atoms with Gasteiger partial charge in [0, 0.05) is 89.4 Å². The number of methoxy groups -OCH3 is 4. The van der Waals surface area contributed by atoms with Gasteiger partial charge in [0.1, 0.15) is 23.9 Å². The maximum absolute atomic E-state index is 14.1. The molecule has 6 aliphatic rings. The van der Waals surface area contributed by atoms with E-state index in [4.69, 9.17) is 28.4 Å². The van der Waals surface area contributed by atoms with Crippen LogP contribution in [0.15, 0.2) is 30.3 Å². The first-order valence-corrected chi connectivity index (χ1v) is 18.0. The van der Waals surface area contributed by atoms with Crippen molar-refractivity contribution in [2.24, 2.45) is 28.6 Å². The summed E-state index contributed by atoms with van der Waals surface area (Å²) in [5.74, 6) is -5.71. The number of ether oxygens (including phenoxy) is 6. The Kier molecular flexibility index (Phi) is 9.36. The van der Waals surface area contributed by atoms with Crippen LogP contribution in [-0.2, 0) is 38.0 Å². The molecular formula is C37H51NO14. The molecule has 6 fully saturated rings. The van der Waals surface area contributed by atoms with Crippen molar-refractivity contribution in [2.75, 3.05) is 48.6 Å². The first kappa shape index (κ1) is 37.6. The van der Waals surface area contributed by atoms with E-state index < -0.39 is 112 Å². The molecule has 5 saturated carbocycles. The molecule has 1 unspecified atom stereocenters. The van der Waals surface area contributed by atoms with E-state index >= 15 is 0 Å². The van der Waals surface area contributed by atoms with Crippen LogP contribution in [0.1, 0.15) is 48.9 Å². The molecule has 15 heteroatoms. The molecule has 15 nitrogen and oxygen atoms in total. The first-order valence-electron chi connectivity index (χ1n) is 18.0. The van der Waals surface area contributed by atoms with Crippen LogP contribution in [-0.4, -0.2) is 156 Å². The number of nitrogens with zero attached hydrogens (tertiary/aromatic N) is 1. The predicted molar refractivity (Wildman–Crippen MR) is 178 cm³/mol. The lowest BCUT2D eigenvalue weighted by atomic mass is 9.40. The highest BCUT2D eigenvalue weighted by Gasteiger charge is 2.96. The Balaban J connectivity index is 1.49. The lowest BCUT2D eigenvalue weighted by Crippen LogP contribution is -2.85. The van der Waals surface area contributed by atoms with Gasteiger partial charge in [0.05, 0.1) is 42.0 Å². The van der Waals surface area contributed by atoms with E-state index in [1.165, 1.54) is 28.4 Å². The summed E-state index contributed by atoms with van der Waals surface area (Å²) in [6, 6.07) is 7.42. The van der Waals surface area contributed by atoms with Crippen molar-refractivity contribution in [1.82, 2.24) is 4.90 Å². The Labute approximate surface area is 302 Å². The predicted octanol–water partition coefficient (Wildman–Crippen LogP) is -0.00200. The Morgan fingerprint density at radius 3 is 2.23 bits per heavy atom. The third-order valence-electron chi connectivity index (χ3n) is 13.9. The number of hydrogen-bond donors (Lipinski definition) is 5. The molecule has 1 heterocycles. The van der Waals surface area contributed by atoms with Gasteiger partial charge in [0.25, 0.3) is 0 Å². The van der Waals surface area contributed by atoms with Crippen LogP contribution in [0.4, 0.5) is 0 Å². The fourth-order valence-electron chi connectivity index (χ4n) is 12.8. The second-order valence-electron chi connectivity index (χ2n) is 15.9. The molecule has 1 aromatic rings. The van der Waals surface area contributed by atoms with Gasteiger partial charge < -0.3 is 58.9 Å². The average Bonchev–Trinajstić information content (AvgIpc) is 3.47. The van der Waals surface area contributed by atoms with Crippen LogP contribution >= 0.6 is 0 Å². The fraction of sp³-hybridized carbons (Fsp3) is 0.757. The number of aliphatic carboxylic acids is 1. The molecule has 5 N–H and O–H groups in total. The minimum absolute atomic E-state index is 0.0672. The van der Waals surface area contributed by atoms with Gasteiger partial charge >= 0.3 is 17.9 Å². The highest BCUT2D eigenvalue weighted by Crippen LogP contribution is 2.81. The number of aliphatic hydroxyl groups is 4. The van der Waals surface area contributed by atoms with Gasteiger partial charge in [0.2, 0.25) is 0 Å². The van der Waals surface area contributed by atoms with Gasteiger partial charge in [-0.1, -0.05) is 18.2 Å². The van der Waals surface area contributed by atoms with E-state index in [1.54, 1.807) is 30.3 Å². The van der Waals surface area contributed by atoms with Crippen molar-refractivity contribution >= 4 is 17.9 Å². The molecule has 288 valence electrons. The average molecular weight is 734 g/mol. The van der Waals surface area contributed by atoms with Crippen LogP contribution in [0.3, 0.4) is 0 Å². The number of benzene rings is 1. The molecule has 1 aliphatic heterocycles. The molecule has 1 spiro atoms. The second-order valence-corrected chi connectivity index (χ2v) is 15.9. The summed E-state index contributed by atoms with van der Waals surface area (Å²) in [6.45, 7) is 0.365. The number of unbranched alkanes of at least 4 members (excludes halogenated alkanes) is 1. The molecule has 0 radical (unpaired) electrons.